The lowest BCUT2D eigenvalue weighted by molar-refractivity contribution is 0.192. The van der Waals surface area contributed by atoms with Gasteiger partial charge in [0, 0.05) is 13.2 Å². The normalized spacial score (nSPS) is 12.1. The highest BCUT2D eigenvalue weighted by Gasteiger charge is 2.40. The van der Waals surface area contributed by atoms with Crippen molar-refractivity contribution in [2.75, 3.05) is 13.2 Å². The average molecular weight is 266 g/mol. The van der Waals surface area contributed by atoms with Gasteiger partial charge in [-0.15, -0.1) is 0 Å². The number of benzene rings is 1. The molecular formula is C15H26O2Si. The molecule has 0 aliphatic heterocycles. The van der Waals surface area contributed by atoms with Gasteiger partial charge in [0.1, 0.15) is 0 Å². The van der Waals surface area contributed by atoms with E-state index in [1.165, 1.54) is 10.8 Å². The molecular weight excluding hydrogens is 240 g/mol. The molecule has 0 spiro atoms. The maximum absolute atomic E-state index is 6.12. The number of hydrogen-bond acceptors (Lipinski definition) is 2. The molecule has 0 N–H and O–H groups in total. The predicted molar refractivity (Wildman–Crippen MR) is 79.5 cm³/mol. The van der Waals surface area contributed by atoms with Crippen LogP contribution in [-0.2, 0) is 8.85 Å². The molecule has 3 heteroatoms. The smallest absolute Gasteiger partial charge is 0.372 e. The third-order valence-corrected chi connectivity index (χ3v) is 7.00. The molecule has 1 aromatic carbocycles. The molecule has 0 aromatic heterocycles. The lowest BCUT2D eigenvalue weighted by Crippen LogP contribution is -2.54. The van der Waals surface area contributed by atoms with Crippen LogP contribution in [0.1, 0.15) is 33.3 Å². The fourth-order valence-electron chi connectivity index (χ4n) is 2.26. The molecule has 102 valence electrons. The summed E-state index contributed by atoms with van der Waals surface area (Å²) in [4.78, 5) is 0. The first kappa shape index (κ1) is 15.4. The molecule has 18 heavy (non-hydrogen) atoms. The molecule has 0 unspecified atom stereocenters. The van der Waals surface area contributed by atoms with Gasteiger partial charge in [-0.3, -0.25) is 0 Å². The van der Waals surface area contributed by atoms with Gasteiger partial charge in [0.15, 0.2) is 0 Å². The van der Waals surface area contributed by atoms with Crippen molar-refractivity contribution in [3.8, 4) is 0 Å². The molecule has 0 aliphatic carbocycles. The molecule has 1 aromatic rings. The second-order valence-corrected chi connectivity index (χ2v) is 8.15. The molecule has 0 fully saturated rings. The Morgan fingerprint density at radius 1 is 1.00 bits per heavy atom. The van der Waals surface area contributed by atoms with Crippen molar-refractivity contribution in [1.29, 1.82) is 0 Å². The maximum atomic E-state index is 6.12. The van der Waals surface area contributed by atoms with Gasteiger partial charge < -0.3 is 8.85 Å². The molecule has 0 heterocycles. The molecule has 0 aliphatic rings. The van der Waals surface area contributed by atoms with Gasteiger partial charge in [-0.2, -0.15) is 0 Å². The Morgan fingerprint density at radius 2 is 1.50 bits per heavy atom. The van der Waals surface area contributed by atoms with Crippen molar-refractivity contribution in [1.82, 2.24) is 0 Å². The van der Waals surface area contributed by atoms with Gasteiger partial charge >= 0.3 is 8.56 Å². The van der Waals surface area contributed by atoms with E-state index >= 15 is 0 Å². The van der Waals surface area contributed by atoms with Gasteiger partial charge in [-0.1, -0.05) is 43.7 Å². The van der Waals surface area contributed by atoms with E-state index < -0.39 is 8.56 Å². The van der Waals surface area contributed by atoms with Crippen molar-refractivity contribution in [3.63, 3.8) is 0 Å². The van der Waals surface area contributed by atoms with Crippen molar-refractivity contribution in [2.24, 2.45) is 5.92 Å². The summed E-state index contributed by atoms with van der Waals surface area (Å²) in [6.07, 6.45) is 0. The summed E-state index contributed by atoms with van der Waals surface area (Å²) in [5, 5.41) is 1.26. The summed E-state index contributed by atoms with van der Waals surface area (Å²) >= 11 is 0. The first-order chi connectivity index (χ1) is 8.54. The standard InChI is InChI=1S/C15H26O2Si/c1-6-16-18(17-7-2,12-13(3)4)15-10-8-14(5)9-11-15/h8-11,13H,6-7,12H2,1-5H3. The fraction of sp³-hybridized carbons (Fsp3) is 0.600. The Morgan fingerprint density at radius 3 is 1.89 bits per heavy atom. The maximum Gasteiger partial charge on any atom is 0.372 e. The summed E-state index contributed by atoms with van der Waals surface area (Å²) in [5.41, 5.74) is 1.28. The third-order valence-electron chi connectivity index (χ3n) is 2.92. The van der Waals surface area contributed by atoms with E-state index in [0.717, 1.165) is 6.04 Å². The molecule has 1 rings (SSSR count). The van der Waals surface area contributed by atoms with E-state index in [0.29, 0.717) is 19.1 Å². The Balaban J connectivity index is 3.10. The van der Waals surface area contributed by atoms with Crippen LogP contribution in [0.4, 0.5) is 0 Å². The van der Waals surface area contributed by atoms with Crippen LogP contribution in [0.2, 0.25) is 6.04 Å². The van der Waals surface area contributed by atoms with Gasteiger partial charge in [-0.05, 0) is 37.9 Å². The summed E-state index contributed by atoms with van der Waals surface area (Å²) < 4.78 is 12.2. The SMILES string of the molecule is CCO[Si](CC(C)C)(OCC)c1ccc(C)cc1. The van der Waals surface area contributed by atoms with E-state index in [1.807, 2.05) is 0 Å². The van der Waals surface area contributed by atoms with Crippen LogP contribution in [-0.4, -0.2) is 21.8 Å². The van der Waals surface area contributed by atoms with Crippen molar-refractivity contribution < 1.29 is 8.85 Å². The summed E-state index contributed by atoms with van der Waals surface area (Å²) in [6, 6.07) is 9.66. The zero-order valence-corrected chi connectivity index (χ0v) is 13.3. The van der Waals surface area contributed by atoms with Crippen LogP contribution in [0.5, 0.6) is 0 Å². The highest BCUT2D eigenvalue weighted by Crippen LogP contribution is 2.20. The minimum absolute atomic E-state index is 0.580. The summed E-state index contributed by atoms with van der Waals surface area (Å²) in [7, 11) is -2.26. The third kappa shape index (κ3) is 3.94. The van der Waals surface area contributed by atoms with Crippen molar-refractivity contribution in [3.05, 3.63) is 29.8 Å². The van der Waals surface area contributed by atoms with Crippen LogP contribution in [0, 0.1) is 12.8 Å². The lowest BCUT2D eigenvalue weighted by Gasteiger charge is -2.31. The van der Waals surface area contributed by atoms with Crippen LogP contribution in [0.3, 0.4) is 0 Å². The minimum Gasteiger partial charge on any atom is -0.391 e. The Kier molecular flexibility index (Phi) is 6.06. The topological polar surface area (TPSA) is 18.5 Å². The number of aryl methyl sites for hydroxylation is 1. The zero-order valence-electron chi connectivity index (χ0n) is 12.3. The van der Waals surface area contributed by atoms with E-state index in [-0.39, 0.29) is 0 Å². The molecule has 0 atom stereocenters. The van der Waals surface area contributed by atoms with Gasteiger partial charge in [0.2, 0.25) is 0 Å². The second-order valence-electron chi connectivity index (χ2n) is 5.08. The van der Waals surface area contributed by atoms with E-state index in [1.54, 1.807) is 0 Å². The summed E-state index contributed by atoms with van der Waals surface area (Å²) in [6.45, 7) is 12.1. The first-order valence-electron chi connectivity index (χ1n) is 6.89. The molecule has 0 bridgehead atoms. The van der Waals surface area contributed by atoms with E-state index in [4.69, 9.17) is 8.85 Å². The molecule has 0 saturated heterocycles. The molecule has 0 amide bonds. The number of hydrogen-bond donors (Lipinski definition) is 0. The van der Waals surface area contributed by atoms with E-state index in [2.05, 4.69) is 58.9 Å². The zero-order chi connectivity index (χ0) is 13.6. The van der Waals surface area contributed by atoms with Crippen LogP contribution < -0.4 is 5.19 Å². The van der Waals surface area contributed by atoms with Gasteiger partial charge in [0.25, 0.3) is 0 Å². The average Bonchev–Trinajstić information content (AvgIpc) is 2.29. The summed E-state index contributed by atoms with van der Waals surface area (Å²) in [5.74, 6) is 0.580. The van der Waals surface area contributed by atoms with Crippen molar-refractivity contribution >= 4 is 13.7 Å². The van der Waals surface area contributed by atoms with E-state index in [9.17, 15) is 0 Å². The molecule has 0 saturated carbocycles. The van der Waals surface area contributed by atoms with Crippen molar-refractivity contribution in [2.45, 2.75) is 40.7 Å². The molecule has 2 nitrogen and oxygen atoms in total. The first-order valence-corrected chi connectivity index (χ1v) is 8.91. The van der Waals surface area contributed by atoms with Gasteiger partial charge in [0.05, 0.1) is 0 Å². The van der Waals surface area contributed by atoms with Crippen LogP contribution in [0.15, 0.2) is 24.3 Å². The monoisotopic (exact) mass is 266 g/mol. The Hall–Kier alpha value is -0.643. The Bertz CT molecular complexity index is 340. The number of rotatable bonds is 7. The molecule has 0 radical (unpaired) electrons. The second kappa shape index (κ2) is 7.07. The highest BCUT2D eigenvalue weighted by atomic mass is 28.4. The highest BCUT2D eigenvalue weighted by molar-refractivity contribution is 6.81. The Labute approximate surface area is 113 Å². The van der Waals surface area contributed by atoms with Crippen LogP contribution >= 0.6 is 0 Å². The van der Waals surface area contributed by atoms with Gasteiger partial charge in [-0.25, -0.2) is 0 Å². The largest absolute Gasteiger partial charge is 0.391 e. The quantitative estimate of drug-likeness (QED) is 0.704. The predicted octanol–water partition coefficient (Wildman–Crippen LogP) is 3.37. The fourth-order valence-corrected chi connectivity index (χ4v) is 5.83. The minimum atomic E-state index is -2.26. The van der Waals surface area contributed by atoms with Crippen LogP contribution in [0.25, 0.3) is 0 Å². The lowest BCUT2D eigenvalue weighted by atomic mass is 10.2.